The molecule has 1 aliphatic heterocycles. The Kier molecular flexibility index (Phi) is 10.1. The first-order valence-corrected chi connectivity index (χ1v) is 16.6. The second kappa shape index (κ2) is 13.3. The number of benzene rings is 3. The highest BCUT2D eigenvalue weighted by Crippen LogP contribution is 2.32. The molecule has 0 aliphatic carbocycles. The van der Waals surface area contributed by atoms with E-state index >= 15 is 0 Å². The molecular weight excluding hydrogens is 599 g/mol. The first-order valence-electron chi connectivity index (χ1n) is 14.6. The zero-order valence-electron chi connectivity index (χ0n) is 26.0. The van der Waals surface area contributed by atoms with E-state index in [2.05, 4.69) is 31.8 Å². The molecule has 2 amide bonds. The Labute approximate surface area is 265 Å². The molecule has 3 aromatic rings. The normalized spacial score (nSPS) is 18.3. The predicted molar refractivity (Wildman–Crippen MR) is 175 cm³/mol. The van der Waals surface area contributed by atoms with Gasteiger partial charge in [0.1, 0.15) is 17.7 Å². The number of carbonyl (C=O) groups is 3. The Balaban J connectivity index is 1.62. The van der Waals surface area contributed by atoms with Crippen molar-refractivity contribution < 1.29 is 27.5 Å². The maximum absolute atomic E-state index is 14.0. The summed E-state index contributed by atoms with van der Waals surface area (Å²) in [7, 11) is -2.69. The fraction of sp³-hybridized carbons (Fsp3) is 0.424. The minimum Gasteiger partial charge on any atom is -0.460 e. The van der Waals surface area contributed by atoms with Crippen molar-refractivity contribution in [2.24, 2.45) is 0 Å². The summed E-state index contributed by atoms with van der Waals surface area (Å²) in [5.74, 6) is -1.55. The van der Waals surface area contributed by atoms with Crippen LogP contribution in [0.1, 0.15) is 58.9 Å². The lowest BCUT2D eigenvalue weighted by Gasteiger charge is -2.32. The molecule has 0 radical (unpaired) electrons. The number of thiol groups is 1. The van der Waals surface area contributed by atoms with Crippen molar-refractivity contribution >= 4 is 56.9 Å². The number of hydrogen-bond donors (Lipinski definition) is 2. The van der Waals surface area contributed by atoms with Gasteiger partial charge in [-0.05, 0) is 73.7 Å². The van der Waals surface area contributed by atoms with Crippen LogP contribution in [0, 0.1) is 0 Å². The molecule has 1 aliphatic rings. The third-order valence-corrected chi connectivity index (χ3v) is 9.83. The summed E-state index contributed by atoms with van der Waals surface area (Å²) >= 11 is 4.53. The van der Waals surface area contributed by atoms with Crippen LogP contribution in [0.15, 0.2) is 71.6 Å². The Morgan fingerprint density at radius 1 is 1.02 bits per heavy atom. The topological polar surface area (TPSA) is 113 Å². The molecule has 0 spiro atoms. The van der Waals surface area contributed by atoms with Gasteiger partial charge < -0.3 is 15.0 Å². The molecule has 4 rings (SSSR count). The molecule has 0 unspecified atom stereocenters. The van der Waals surface area contributed by atoms with Crippen LogP contribution in [0.4, 0.5) is 5.69 Å². The fourth-order valence-electron chi connectivity index (χ4n) is 5.25. The van der Waals surface area contributed by atoms with Crippen molar-refractivity contribution in [3.05, 3.63) is 72.3 Å². The molecule has 44 heavy (non-hydrogen) atoms. The second-order valence-corrected chi connectivity index (χ2v) is 15.1. The molecule has 1 fully saturated rings. The van der Waals surface area contributed by atoms with E-state index in [1.165, 1.54) is 13.1 Å². The molecule has 1 saturated heterocycles. The number of amides is 2. The molecule has 0 bridgehead atoms. The number of carbonyl (C=O) groups excluding carboxylic acids is 3. The highest BCUT2D eigenvalue weighted by Gasteiger charge is 2.46. The third-order valence-electron chi connectivity index (χ3n) is 7.59. The first-order chi connectivity index (χ1) is 20.6. The number of hydrogen-bond acceptors (Lipinski definition) is 7. The van der Waals surface area contributed by atoms with Gasteiger partial charge in [0.05, 0.1) is 11.3 Å². The van der Waals surface area contributed by atoms with E-state index in [1.807, 2.05) is 36.4 Å². The van der Waals surface area contributed by atoms with Gasteiger partial charge in [-0.2, -0.15) is 16.9 Å². The van der Waals surface area contributed by atoms with Crippen LogP contribution >= 0.6 is 12.6 Å². The summed E-state index contributed by atoms with van der Waals surface area (Å²) in [4.78, 5) is 41.8. The maximum atomic E-state index is 14.0. The number of ether oxygens (including phenoxy) is 1. The Hall–Kier alpha value is -3.41. The number of nitrogens with one attached hydrogen (secondary N) is 1. The Morgan fingerprint density at radius 2 is 1.66 bits per heavy atom. The fourth-order valence-corrected chi connectivity index (χ4v) is 7.41. The van der Waals surface area contributed by atoms with E-state index in [-0.39, 0.29) is 17.9 Å². The van der Waals surface area contributed by atoms with Gasteiger partial charge in [-0.15, -0.1) is 0 Å². The van der Waals surface area contributed by atoms with E-state index in [0.29, 0.717) is 11.6 Å². The van der Waals surface area contributed by atoms with Crippen molar-refractivity contribution in [2.45, 2.75) is 81.2 Å². The van der Waals surface area contributed by atoms with Crippen LogP contribution < -0.4 is 5.32 Å². The van der Waals surface area contributed by atoms with E-state index in [4.69, 9.17) is 4.74 Å². The molecule has 11 heteroatoms. The predicted octanol–water partition coefficient (Wildman–Crippen LogP) is 5.22. The van der Waals surface area contributed by atoms with E-state index in [1.54, 1.807) is 45.0 Å². The van der Waals surface area contributed by atoms with E-state index in [9.17, 15) is 22.8 Å². The summed E-state index contributed by atoms with van der Waals surface area (Å²) in [6.45, 7) is 9.29. The molecule has 9 nitrogen and oxygen atoms in total. The molecule has 0 saturated carbocycles. The molecule has 3 aromatic carbocycles. The molecular formula is C33H41N3O6S2. The van der Waals surface area contributed by atoms with Gasteiger partial charge in [0, 0.05) is 24.5 Å². The summed E-state index contributed by atoms with van der Waals surface area (Å²) in [5, 5.41) is 4.06. The molecule has 1 N–H and O–H groups in total. The number of rotatable bonds is 9. The van der Waals surface area contributed by atoms with Gasteiger partial charge in [-0.1, -0.05) is 56.3 Å². The van der Waals surface area contributed by atoms with Gasteiger partial charge >= 0.3 is 5.97 Å². The smallest absolute Gasteiger partial charge is 0.308 e. The van der Waals surface area contributed by atoms with Gasteiger partial charge in [0.15, 0.2) is 0 Å². The van der Waals surface area contributed by atoms with Gasteiger partial charge in [-0.3, -0.25) is 14.4 Å². The summed E-state index contributed by atoms with van der Waals surface area (Å²) in [6, 6.07) is 17.2. The van der Waals surface area contributed by atoms with Crippen molar-refractivity contribution in [2.75, 3.05) is 18.9 Å². The average Bonchev–Trinajstić information content (AvgIpc) is 3.36. The number of fused-ring (bicyclic) bond motifs is 1. The Morgan fingerprint density at radius 3 is 2.27 bits per heavy atom. The van der Waals surface area contributed by atoms with Crippen molar-refractivity contribution in [3.63, 3.8) is 0 Å². The quantitative estimate of drug-likeness (QED) is 0.245. The SMILES string of the molecule is CC(C)c1ccc(NC(=O)[C@H](CC(=O)OC(C)(C)C)N(C)C(=O)[C@@H]2C[C@@H](S)CN2S(=O)(=O)c2ccc3ccccc3c2)cc1. The van der Waals surface area contributed by atoms with E-state index in [0.717, 1.165) is 25.5 Å². The number of nitrogens with zero attached hydrogens (tertiary/aromatic N) is 2. The van der Waals surface area contributed by atoms with Crippen molar-refractivity contribution in [1.82, 2.24) is 9.21 Å². The second-order valence-electron chi connectivity index (χ2n) is 12.5. The summed E-state index contributed by atoms with van der Waals surface area (Å²) in [6.07, 6.45) is -0.263. The molecule has 3 atom stereocenters. The first kappa shape index (κ1) is 33.5. The van der Waals surface area contributed by atoms with Crippen LogP contribution in [-0.4, -0.2) is 71.9 Å². The van der Waals surface area contributed by atoms with Crippen LogP contribution in [0.2, 0.25) is 0 Å². The van der Waals surface area contributed by atoms with Crippen LogP contribution in [0.25, 0.3) is 10.8 Å². The molecule has 1 heterocycles. The lowest BCUT2D eigenvalue weighted by Crippen LogP contribution is -2.53. The number of sulfonamides is 1. The Bertz CT molecular complexity index is 1630. The summed E-state index contributed by atoms with van der Waals surface area (Å²) < 4.78 is 34.4. The van der Waals surface area contributed by atoms with Crippen LogP contribution in [-0.2, 0) is 29.1 Å². The number of esters is 1. The zero-order chi connectivity index (χ0) is 32.4. The van der Waals surface area contributed by atoms with Crippen LogP contribution in [0.3, 0.4) is 0 Å². The number of anilines is 1. The average molecular weight is 640 g/mol. The highest BCUT2D eigenvalue weighted by atomic mass is 32.2. The maximum Gasteiger partial charge on any atom is 0.308 e. The van der Waals surface area contributed by atoms with Crippen molar-refractivity contribution in [3.8, 4) is 0 Å². The highest BCUT2D eigenvalue weighted by molar-refractivity contribution is 7.89. The van der Waals surface area contributed by atoms with Crippen molar-refractivity contribution in [1.29, 1.82) is 0 Å². The number of likely N-dealkylation sites (N-methyl/N-ethyl adjacent to an activating group) is 1. The minimum absolute atomic E-state index is 0.0215. The van der Waals surface area contributed by atoms with Gasteiger partial charge in [-0.25, -0.2) is 8.42 Å². The molecule has 236 valence electrons. The largest absolute Gasteiger partial charge is 0.460 e. The lowest BCUT2D eigenvalue weighted by molar-refractivity contribution is -0.158. The van der Waals surface area contributed by atoms with Gasteiger partial charge in [0.2, 0.25) is 21.8 Å². The van der Waals surface area contributed by atoms with Gasteiger partial charge in [0.25, 0.3) is 0 Å². The van der Waals surface area contributed by atoms with Crippen LogP contribution in [0.5, 0.6) is 0 Å². The minimum atomic E-state index is -4.10. The molecule has 0 aromatic heterocycles. The van der Waals surface area contributed by atoms with E-state index < -0.39 is 57.2 Å². The lowest BCUT2D eigenvalue weighted by atomic mass is 10.0. The summed E-state index contributed by atoms with van der Waals surface area (Å²) in [5.41, 5.74) is 0.796. The zero-order valence-corrected chi connectivity index (χ0v) is 27.7. The third kappa shape index (κ3) is 7.80. The monoisotopic (exact) mass is 639 g/mol. The standard InChI is InChI=1S/C33H41N3O6S2/c1-21(2)22-11-14-25(15-12-22)34-31(38)28(19-30(37)42-33(3,4)5)35(6)32(39)29-18-26(43)20-36(29)44(40,41)27-16-13-23-9-7-8-10-24(23)17-27/h7-17,21,26,28-29,43H,18-20H2,1-6H3,(H,34,38)/t26-,28+,29+/m1/s1.